The van der Waals surface area contributed by atoms with E-state index in [9.17, 15) is 26.3 Å². The number of ether oxygens (including phenoxy) is 1. The minimum Gasteiger partial charge on any atom is -0.457 e. The highest BCUT2D eigenvalue weighted by molar-refractivity contribution is 5.46. The van der Waals surface area contributed by atoms with Gasteiger partial charge in [-0.05, 0) is 24.3 Å². The number of hydrogen-bond donors (Lipinski definition) is 0. The highest BCUT2D eigenvalue weighted by atomic mass is 19.4. The molecule has 0 atom stereocenters. The molecule has 0 aliphatic rings. The molecular weight excluding hydrogens is 298 g/mol. The van der Waals surface area contributed by atoms with E-state index in [1.165, 1.54) is 24.3 Å². The zero-order valence-electron chi connectivity index (χ0n) is 10.3. The third-order valence-electron chi connectivity index (χ3n) is 2.59. The van der Waals surface area contributed by atoms with Crippen molar-refractivity contribution in [2.45, 2.75) is 12.4 Å². The van der Waals surface area contributed by atoms with E-state index in [0.717, 1.165) is 12.1 Å². The highest BCUT2D eigenvalue weighted by Gasteiger charge is 2.45. The molecule has 21 heavy (non-hydrogen) atoms. The Hall–Kier alpha value is -2.18. The van der Waals surface area contributed by atoms with E-state index in [2.05, 4.69) is 0 Å². The van der Waals surface area contributed by atoms with Crippen molar-refractivity contribution in [1.29, 1.82) is 0 Å². The van der Waals surface area contributed by atoms with Gasteiger partial charge >= 0.3 is 12.4 Å². The van der Waals surface area contributed by atoms with Gasteiger partial charge in [-0.2, -0.15) is 26.3 Å². The number of halogens is 6. The van der Waals surface area contributed by atoms with Crippen LogP contribution in [0.25, 0.3) is 0 Å². The average Bonchev–Trinajstić information content (AvgIpc) is 2.37. The number of para-hydroxylation sites is 1. The Balaban J connectivity index is 2.56. The quantitative estimate of drug-likeness (QED) is 0.664. The topological polar surface area (TPSA) is 9.23 Å². The van der Waals surface area contributed by atoms with E-state index >= 15 is 0 Å². The lowest BCUT2D eigenvalue weighted by Crippen LogP contribution is -2.17. The average molecular weight is 306 g/mol. The Labute approximate surface area is 115 Å². The molecule has 0 fully saturated rings. The molecule has 0 aromatic heterocycles. The maximum atomic E-state index is 13.0. The van der Waals surface area contributed by atoms with Crippen LogP contribution in [0.2, 0.25) is 0 Å². The fourth-order valence-corrected chi connectivity index (χ4v) is 1.76. The third-order valence-corrected chi connectivity index (χ3v) is 2.59. The number of benzene rings is 2. The van der Waals surface area contributed by atoms with Crippen LogP contribution < -0.4 is 4.74 Å². The minimum atomic E-state index is -5.18. The van der Waals surface area contributed by atoms with Crippen molar-refractivity contribution in [2.75, 3.05) is 0 Å². The van der Waals surface area contributed by atoms with Crippen LogP contribution in [0.3, 0.4) is 0 Å². The molecule has 0 aliphatic carbocycles. The van der Waals surface area contributed by atoms with E-state index in [0.29, 0.717) is 6.07 Å². The maximum absolute atomic E-state index is 13.0. The second kappa shape index (κ2) is 5.31. The molecule has 0 saturated heterocycles. The van der Waals surface area contributed by atoms with Gasteiger partial charge in [-0.1, -0.05) is 24.3 Å². The molecule has 112 valence electrons. The summed E-state index contributed by atoms with van der Waals surface area (Å²) in [7, 11) is 0. The Bertz CT molecular complexity index is 616. The van der Waals surface area contributed by atoms with Gasteiger partial charge < -0.3 is 4.74 Å². The molecule has 0 aliphatic heterocycles. The van der Waals surface area contributed by atoms with E-state index in [4.69, 9.17) is 4.74 Å². The number of hydrogen-bond acceptors (Lipinski definition) is 1. The molecule has 2 aromatic carbocycles. The van der Waals surface area contributed by atoms with Gasteiger partial charge in [0.15, 0.2) is 0 Å². The third kappa shape index (κ3) is 3.48. The van der Waals surface area contributed by atoms with Gasteiger partial charge in [0.2, 0.25) is 0 Å². The molecule has 0 radical (unpaired) electrons. The molecule has 0 amide bonds. The van der Waals surface area contributed by atoms with Crippen LogP contribution in [-0.4, -0.2) is 0 Å². The summed E-state index contributed by atoms with van der Waals surface area (Å²) >= 11 is 0. The predicted octanol–water partition coefficient (Wildman–Crippen LogP) is 5.52. The molecule has 0 unspecified atom stereocenters. The van der Waals surface area contributed by atoms with Crippen LogP contribution in [0, 0.1) is 0 Å². The number of rotatable bonds is 2. The summed E-state index contributed by atoms with van der Waals surface area (Å²) in [6, 6.07) is 9.39. The monoisotopic (exact) mass is 306 g/mol. The number of alkyl halides is 6. The molecule has 2 rings (SSSR count). The van der Waals surface area contributed by atoms with Crippen molar-refractivity contribution in [2.24, 2.45) is 0 Å². The van der Waals surface area contributed by atoms with Crippen molar-refractivity contribution in [3.63, 3.8) is 0 Å². The van der Waals surface area contributed by atoms with Gasteiger partial charge in [-0.15, -0.1) is 0 Å². The van der Waals surface area contributed by atoms with Crippen molar-refractivity contribution >= 4 is 0 Å². The molecule has 0 saturated carbocycles. The Kier molecular flexibility index (Phi) is 3.85. The summed E-state index contributed by atoms with van der Waals surface area (Å²) in [6.45, 7) is 0. The Morgan fingerprint density at radius 3 is 1.81 bits per heavy atom. The fourth-order valence-electron chi connectivity index (χ4n) is 1.76. The smallest absolute Gasteiger partial charge is 0.420 e. The van der Waals surface area contributed by atoms with Gasteiger partial charge in [-0.25, -0.2) is 0 Å². The lowest BCUT2D eigenvalue weighted by Gasteiger charge is -2.19. The summed E-state index contributed by atoms with van der Waals surface area (Å²) < 4.78 is 82.1. The minimum absolute atomic E-state index is 0.0160. The van der Waals surface area contributed by atoms with E-state index < -0.39 is 29.2 Å². The summed E-state index contributed by atoms with van der Waals surface area (Å²) in [5, 5.41) is 0. The van der Waals surface area contributed by atoms with Crippen molar-refractivity contribution in [1.82, 2.24) is 0 Å². The second-order valence-corrected chi connectivity index (χ2v) is 4.09. The molecule has 0 heterocycles. The van der Waals surface area contributed by atoms with Crippen LogP contribution in [-0.2, 0) is 12.4 Å². The Morgan fingerprint density at radius 2 is 1.29 bits per heavy atom. The lowest BCUT2D eigenvalue weighted by atomic mass is 10.1. The molecule has 0 bridgehead atoms. The first kappa shape index (κ1) is 15.2. The first-order valence-corrected chi connectivity index (χ1v) is 5.70. The van der Waals surface area contributed by atoms with Crippen molar-refractivity contribution in [3.05, 3.63) is 59.7 Å². The maximum Gasteiger partial charge on any atom is 0.420 e. The molecular formula is C14H8F6O. The van der Waals surface area contributed by atoms with Gasteiger partial charge in [0.25, 0.3) is 0 Å². The van der Waals surface area contributed by atoms with Crippen LogP contribution >= 0.6 is 0 Å². The lowest BCUT2D eigenvalue weighted by molar-refractivity contribution is -0.162. The van der Waals surface area contributed by atoms with Gasteiger partial charge in [0.1, 0.15) is 17.1 Å². The zero-order valence-corrected chi connectivity index (χ0v) is 10.3. The summed E-state index contributed by atoms with van der Waals surface area (Å²) in [5.74, 6) is -0.870. The van der Waals surface area contributed by atoms with Crippen molar-refractivity contribution < 1.29 is 31.1 Å². The first-order chi connectivity index (χ1) is 9.69. The molecule has 2 aromatic rings. The normalized spacial score (nSPS) is 12.3. The summed E-state index contributed by atoms with van der Waals surface area (Å²) in [5.41, 5.74) is -3.61. The predicted molar refractivity (Wildman–Crippen MR) is 63.0 cm³/mol. The SMILES string of the molecule is FC(F)(F)c1cccc(Oc2ccccc2)c1C(F)(F)F. The van der Waals surface area contributed by atoms with Crippen LogP contribution in [0.4, 0.5) is 26.3 Å². The van der Waals surface area contributed by atoms with E-state index in [-0.39, 0.29) is 5.75 Å². The second-order valence-electron chi connectivity index (χ2n) is 4.09. The fraction of sp³-hybridized carbons (Fsp3) is 0.143. The first-order valence-electron chi connectivity index (χ1n) is 5.70. The molecule has 1 nitrogen and oxygen atoms in total. The zero-order chi connectivity index (χ0) is 15.7. The standard InChI is InChI=1S/C14H8F6O/c15-13(16,17)10-7-4-8-11(12(10)14(18,19)20)21-9-5-2-1-3-6-9/h1-8H. The highest BCUT2D eigenvalue weighted by Crippen LogP contribution is 2.45. The van der Waals surface area contributed by atoms with Crippen LogP contribution in [0.5, 0.6) is 11.5 Å². The van der Waals surface area contributed by atoms with Gasteiger partial charge in [0, 0.05) is 0 Å². The van der Waals surface area contributed by atoms with E-state index in [1.54, 1.807) is 6.07 Å². The summed E-state index contributed by atoms with van der Waals surface area (Å²) in [4.78, 5) is 0. The van der Waals surface area contributed by atoms with E-state index in [1.807, 2.05) is 0 Å². The summed E-state index contributed by atoms with van der Waals surface area (Å²) in [6.07, 6.45) is -10.3. The Morgan fingerprint density at radius 1 is 0.667 bits per heavy atom. The van der Waals surface area contributed by atoms with Crippen LogP contribution in [0.15, 0.2) is 48.5 Å². The molecule has 0 spiro atoms. The molecule has 0 N–H and O–H groups in total. The van der Waals surface area contributed by atoms with Crippen LogP contribution in [0.1, 0.15) is 11.1 Å². The largest absolute Gasteiger partial charge is 0.457 e. The van der Waals surface area contributed by atoms with Crippen molar-refractivity contribution in [3.8, 4) is 11.5 Å². The van der Waals surface area contributed by atoms with Gasteiger partial charge in [0.05, 0.1) is 5.56 Å². The van der Waals surface area contributed by atoms with Gasteiger partial charge in [-0.3, -0.25) is 0 Å². The molecule has 7 heteroatoms.